The Morgan fingerprint density at radius 3 is 1.70 bits per heavy atom. The number of hydrogen-bond donors (Lipinski definition) is 0. The SMILES string of the molecule is CCCCCCCCCCCCCCOC(=O)c1ccccc1C(=O)OC(C)S(=O)(=O)[O-].[K+]. The third kappa shape index (κ3) is 14.6. The van der Waals surface area contributed by atoms with Crippen LogP contribution in [0.1, 0.15) is 112 Å². The van der Waals surface area contributed by atoms with E-state index >= 15 is 0 Å². The summed E-state index contributed by atoms with van der Waals surface area (Å²) in [4.78, 5) is 24.5. The smallest absolute Gasteiger partial charge is 0.745 e. The summed E-state index contributed by atoms with van der Waals surface area (Å²) < 4.78 is 42.7. The summed E-state index contributed by atoms with van der Waals surface area (Å²) in [5.74, 6) is -1.74. The molecule has 0 heterocycles. The summed E-state index contributed by atoms with van der Waals surface area (Å²) in [6, 6.07) is 5.80. The molecule has 182 valence electrons. The minimum Gasteiger partial charge on any atom is -0.745 e. The second-order valence-corrected chi connectivity index (χ2v) is 9.69. The van der Waals surface area contributed by atoms with Crippen molar-refractivity contribution in [2.45, 2.75) is 96.3 Å². The molecule has 0 aromatic heterocycles. The second-order valence-electron chi connectivity index (χ2n) is 8.04. The van der Waals surface area contributed by atoms with Crippen LogP contribution in [0.5, 0.6) is 0 Å². The van der Waals surface area contributed by atoms with Crippen LogP contribution in [-0.2, 0) is 19.6 Å². The standard InChI is InChI=1S/C24H38O7S.K/c1-3-4-5-6-7-8-9-10-11-12-13-16-19-30-23(25)21-17-14-15-18-22(21)24(26)31-20(2)32(27,28)29;/h14-15,17-18,20H,3-13,16,19H2,1-2H3,(H,27,28,29);/q;+1/p-1. The molecule has 0 fully saturated rings. The van der Waals surface area contributed by atoms with E-state index in [0.717, 1.165) is 26.2 Å². The summed E-state index contributed by atoms with van der Waals surface area (Å²) in [6.07, 6.45) is 14.4. The monoisotopic (exact) mass is 508 g/mol. The van der Waals surface area contributed by atoms with Gasteiger partial charge in [0.2, 0.25) is 0 Å². The molecule has 0 bridgehead atoms. The zero-order valence-electron chi connectivity index (χ0n) is 20.3. The number of ether oxygens (including phenoxy) is 2. The van der Waals surface area contributed by atoms with Gasteiger partial charge in [0.1, 0.15) is 10.1 Å². The van der Waals surface area contributed by atoms with Crippen LogP contribution in [-0.4, -0.2) is 37.0 Å². The first-order valence-corrected chi connectivity index (χ1v) is 13.2. The van der Waals surface area contributed by atoms with Gasteiger partial charge in [-0.2, -0.15) is 0 Å². The number of rotatable bonds is 17. The molecule has 0 aliphatic heterocycles. The van der Waals surface area contributed by atoms with Crippen LogP contribution in [0.15, 0.2) is 24.3 Å². The van der Waals surface area contributed by atoms with Crippen LogP contribution in [0.25, 0.3) is 0 Å². The van der Waals surface area contributed by atoms with E-state index in [1.165, 1.54) is 76.0 Å². The molecule has 0 aliphatic rings. The van der Waals surface area contributed by atoms with Gasteiger partial charge in [0.15, 0.2) is 5.44 Å². The van der Waals surface area contributed by atoms with E-state index < -0.39 is 27.5 Å². The molecule has 1 aromatic rings. The van der Waals surface area contributed by atoms with Crippen LogP contribution in [0.3, 0.4) is 0 Å². The topological polar surface area (TPSA) is 110 Å². The van der Waals surface area contributed by atoms with Gasteiger partial charge >= 0.3 is 63.3 Å². The van der Waals surface area contributed by atoms with Crippen LogP contribution < -0.4 is 51.4 Å². The van der Waals surface area contributed by atoms with E-state index in [1.807, 2.05) is 0 Å². The molecular formula is C24H37KO7S. The molecule has 0 radical (unpaired) electrons. The van der Waals surface area contributed by atoms with Crippen molar-refractivity contribution in [2.24, 2.45) is 0 Å². The molecule has 1 atom stereocenters. The van der Waals surface area contributed by atoms with Gasteiger partial charge in [-0.1, -0.05) is 89.7 Å². The second kappa shape index (κ2) is 19.0. The molecule has 1 rings (SSSR count). The maximum absolute atomic E-state index is 12.3. The molecule has 0 spiro atoms. The zero-order chi connectivity index (χ0) is 23.8. The largest absolute Gasteiger partial charge is 1.00 e. The van der Waals surface area contributed by atoms with Gasteiger partial charge in [-0.05, 0) is 25.5 Å². The molecular weight excluding hydrogens is 471 g/mol. The fraction of sp³-hybridized carbons (Fsp3) is 0.667. The molecule has 1 unspecified atom stereocenters. The van der Waals surface area contributed by atoms with Crippen molar-refractivity contribution in [3.05, 3.63) is 35.4 Å². The number of carbonyl (C=O) groups excluding carboxylic acids is 2. The predicted molar refractivity (Wildman–Crippen MR) is 122 cm³/mol. The Morgan fingerprint density at radius 1 is 0.818 bits per heavy atom. The minimum atomic E-state index is -4.78. The molecule has 9 heteroatoms. The quantitative estimate of drug-likeness (QED) is 0.138. The van der Waals surface area contributed by atoms with Gasteiger partial charge in [-0.25, -0.2) is 18.0 Å². The van der Waals surface area contributed by atoms with Crippen molar-refractivity contribution in [3.63, 3.8) is 0 Å². The van der Waals surface area contributed by atoms with E-state index in [2.05, 4.69) is 11.7 Å². The fourth-order valence-electron chi connectivity index (χ4n) is 3.30. The molecule has 7 nitrogen and oxygen atoms in total. The van der Waals surface area contributed by atoms with Crippen LogP contribution in [0.4, 0.5) is 0 Å². The molecule has 33 heavy (non-hydrogen) atoms. The van der Waals surface area contributed by atoms with Crippen molar-refractivity contribution >= 4 is 22.1 Å². The average Bonchev–Trinajstić information content (AvgIpc) is 2.76. The molecule has 1 aromatic carbocycles. The zero-order valence-corrected chi connectivity index (χ0v) is 24.3. The molecule has 0 saturated carbocycles. The predicted octanol–water partition coefficient (Wildman–Crippen LogP) is 2.60. The van der Waals surface area contributed by atoms with Crippen LogP contribution >= 0.6 is 0 Å². The number of carbonyl (C=O) groups is 2. The van der Waals surface area contributed by atoms with Gasteiger partial charge in [0.25, 0.3) is 0 Å². The number of benzene rings is 1. The number of esters is 2. The van der Waals surface area contributed by atoms with Crippen LogP contribution in [0, 0.1) is 0 Å². The van der Waals surface area contributed by atoms with Gasteiger partial charge in [0, 0.05) is 0 Å². The van der Waals surface area contributed by atoms with Crippen molar-refractivity contribution < 1.29 is 83.4 Å². The van der Waals surface area contributed by atoms with E-state index in [0.29, 0.717) is 0 Å². The minimum absolute atomic E-state index is 0. The van der Waals surface area contributed by atoms with Gasteiger partial charge < -0.3 is 14.0 Å². The Morgan fingerprint density at radius 2 is 1.24 bits per heavy atom. The van der Waals surface area contributed by atoms with Gasteiger partial charge in [0.05, 0.1) is 17.7 Å². The van der Waals surface area contributed by atoms with Crippen molar-refractivity contribution in [1.82, 2.24) is 0 Å². The third-order valence-corrected chi connectivity index (χ3v) is 6.19. The van der Waals surface area contributed by atoms with E-state index in [4.69, 9.17) is 4.74 Å². The Balaban J connectivity index is 0.0000102. The summed E-state index contributed by atoms with van der Waals surface area (Å²) in [5, 5.41) is 0. The maximum Gasteiger partial charge on any atom is 1.00 e. The summed E-state index contributed by atoms with van der Waals surface area (Å²) >= 11 is 0. The van der Waals surface area contributed by atoms with Crippen molar-refractivity contribution in [2.75, 3.05) is 6.61 Å². The molecule has 0 amide bonds. The molecule has 0 saturated heterocycles. The number of unbranched alkanes of at least 4 members (excludes halogenated alkanes) is 11. The Kier molecular flexibility index (Phi) is 18.8. The van der Waals surface area contributed by atoms with Crippen LogP contribution in [0.2, 0.25) is 0 Å². The number of hydrogen-bond acceptors (Lipinski definition) is 7. The first-order chi connectivity index (χ1) is 15.3. The summed E-state index contributed by atoms with van der Waals surface area (Å²) in [5.41, 5.74) is -2.00. The summed E-state index contributed by atoms with van der Waals surface area (Å²) in [6.45, 7) is 3.44. The van der Waals surface area contributed by atoms with Crippen molar-refractivity contribution in [3.8, 4) is 0 Å². The Bertz CT molecular complexity index is 796. The average molecular weight is 509 g/mol. The Hall–Kier alpha value is -0.294. The first-order valence-electron chi connectivity index (χ1n) is 11.7. The van der Waals surface area contributed by atoms with E-state index in [1.54, 1.807) is 6.07 Å². The molecule has 0 aliphatic carbocycles. The summed E-state index contributed by atoms with van der Waals surface area (Å²) in [7, 11) is -4.78. The fourth-order valence-corrected chi connectivity index (χ4v) is 3.50. The first kappa shape index (κ1) is 32.7. The Labute approximate surface area is 241 Å². The molecule has 0 N–H and O–H groups in total. The third-order valence-electron chi connectivity index (χ3n) is 5.28. The normalized spacial score (nSPS) is 12.0. The van der Waals surface area contributed by atoms with Crippen molar-refractivity contribution in [1.29, 1.82) is 0 Å². The van der Waals surface area contributed by atoms with E-state index in [9.17, 15) is 22.6 Å². The maximum atomic E-state index is 12.3. The van der Waals surface area contributed by atoms with Gasteiger partial charge in [-0.15, -0.1) is 0 Å². The van der Waals surface area contributed by atoms with E-state index in [-0.39, 0.29) is 69.1 Å². The van der Waals surface area contributed by atoms with Gasteiger partial charge in [-0.3, -0.25) is 0 Å².